The quantitative estimate of drug-likeness (QED) is 0.835. The largest absolute Gasteiger partial charge is 0.396 e. The Hall–Kier alpha value is -1.42. The van der Waals surface area contributed by atoms with Crippen molar-refractivity contribution in [1.82, 2.24) is 4.98 Å². The molecule has 0 radical (unpaired) electrons. The molecule has 0 saturated carbocycles. The summed E-state index contributed by atoms with van der Waals surface area (Å²) in [5.41, 5.74) is 0.742. The van der Waals surface area contributed by atoms with Crippen LogP contribution in [0.1, 0.15) is 13.8 Å². The first-order valence-electron chi connectivity index (χ1n) is 5.36. The summed E-state index contributed by atoms with van der Waals surface area (Å²) in [4.78, 5) is 17.6. The summed E-state index contributed by atoms with van der Waals surface area (Å²) in [5, 5.41) is 9.20. The van der Waals surface area contributed by atoms with Gasteiger partial charge >= 0.3 is 0 Å². The van der Waals surface area contributed by atoms with E-state index in [4.69, 9.17) is 0 Å². The third kappa shape index (κ3) is 2.79. The highest BCUT2D eigenvalue weighted by Crippen LogP contribution is 2.17. The molecular weight excluding hydrogens is 204 g/mol. The number of aliphatic hydroxyl groups is 1. The Bertz CT molecular complexity index is 338. The van der Waals surface area contributed by atoms with Crippen LogP contribution >= 0.6 is 0 Å². The van der Waals surface area contributed by atoms with Gasteiger partial charge in [0.2, 0.25) is 5.91 Å². The molecule has 0 fully saturated rings. The van der Waals surface area contributed by atoms with Crippen molar-refractivity contribution in [1.29, 1.82) is 0 Å². The average Bonchev–Trinajstić information content (AvgIpc) is 2.29. The topological polar surface area (TPSA) is 53.4 Å². The minimum Gasteiger partial charge on any atom is -0.396 e. The van der Waals surface area contributed by atoms with Crippen molar-refractivity contribution in [2.45, 2.75) is 13.8 Å². The summed E-state index contributed by atoms with van der Waals surface area (Å²) < 4.78 is 0. The predicted octanol–water partition coefficient (Wildman–Crippen LogP) is 1.31. The summed E-state index contributed by atoms with van der Waals surface area (Å²) in [6.45, 7) is 3.73. The second-order valence-corrected chi connectivity index (χ2v) is 4.14. The first-order valence-corrected chi connectivity index (χ1v) is 5.36. The van der Waals surface area contributed by atoms with Crippen molar-refractivity contribution < 1.29 is 9.90 Å². The number of aromatic nitrogens is 1. The standard InChI is InChI=1S/C12H18N2O2/c1-9(2)11(8-15)12(16)14(3)10-5-4-6-13-7-10/h4-7,9,11,15H,8H2,1-3H3. The Morgan fingerprint density at radius 1 is 1.56 bits per heavy atom. The van der Waals surface area contributed by atoms with Crippen LogP contribution in [0.4, 0.5) is 5.69 Å². The predicted molar refractivity (Wildman–Crippen MR) is 63.1 cm³/mol. The molecule has 1 heterocycles. The molecule has 1 N–H and O–H groups in total. The van der Waals surface area contributed by atoms with Gasteiger partial charge in [-0.05, 0) is 18.1 Å². The van der Waals surface area contributed by atoms with Crippen LogP contribution in [0.25, 0.3) is 0 Å². The Labute approximate surface area is 95.9 Å². The van der Waals surface area contributed by atoms with E-state index >= 15 is 0 Å². The normalized spacial score (nSPS) is 12.6. The maximum absolute atomic E-state index is 12.1. The number of pyridine rings is 1. The summed E-state index contributed by atoms with van der Waals surface area (Å²) in [6.07, 6.45) is 3.29. The van der Waals surface area contributed by atoms with E-state index in [9.17, 15) is 9.90 Å². The number of amides is 1. The van der Waals surface area contributed by atoms with Crippen molar-refractivity contribution in [3.8, 4) is 0 Å². The van der Waals surface area contributed by atoms with Gasteiger partial charge in [-0.2, -0.15) is 0 Å². The zero-order valence-electron chi connectivity index (χ0n) is 9.92. The number of carbonyl (C=O) groups excluding carboxylic acids is 1. The van der Waals surface area contributed by atoms with Gasteiger partial charge in [0, 0.05) is 13.2 Å². The maximum Gasteiger partial charge on any atom is 0.232 e. The molecule has 4 nitrogen and oxygen atoms in total. The molecule has 88 valence electrons. The van der Waals surface area contributed by atoms with E-state index in [1.807, 2.05) is 19.9 Å². The van der Waals surface area contributed by atoms with Crippen LogP contribution in [-0.2, 0) is 4.79 Å². The van der Waals surface area contributed by atoms with E-state index in [1.54, 1.807) is 25.5 Å². The Morgan fingerprint density at radius 2 is 2.25 bits per heavy atom. The van der Waals surface area contributed by atoms with Crippen LogP contribution in [0.3, 0.4) is 0 Å². The molecular formula is C12H18N2O2. The third-order valence-electron chi connectivity index (χ3n) is 2.68. The van der Waals surface area contributed by atoms with E-state index in [2.05, 4.69) is 4.98 Å². The minimum absolute atomic E-state index is 0.0782. The lowest BCUT2D eigenvalue weighted by atomic mass is 9.95. The van der Waals surface area contributed by atoms with Crippen LogP contribution in [0, 0.1) is 11.8 Å². The van der Waals surface area contributed by atoms with Crippen LogP contribution in [-0.4, -0.2) is 29.7 Å². The Balaban J connectivity index is 2.81. The summed E-state index contributed by atoms with van der Waals surface area (Å²) in [7, 11) is 1.70. The van der Waals surface area contributed by atoms with Gasteiger partial charge in [0.15, 0.2) is 0 Å². The van der Waals surface area contributed by atoms with E-state index in [0.717, 1.165) is 5.69 Å². The zero-order chi connectivity index (χ0) is 12.1. The molecule has 1 unspecified atom stereocenters. The maximum atomic E-state index is 12.1. The fraction of sp³-hybridized carbons (Fsp3) is 0.500. The second kappa shape index (κ2) is 5.61. The van der Waals surface area contributed by atoms with Gasteiger partial charge in [0.1, 0.15) is 0 Å². The highest BCUT2D eigenvalue weighted by Gasteiger charge is 2.25. The van der Waals surface area contributed by atoms with Gasteiger partial charge in [-0.3, -0.25) is 9.78 Å². The molecule has 0 aliphatic heterocycles. The highest BCUT2D eigenvalue weighted by molar-refractivity contribution is 5.94. The van der Waals surface area contributed by atoms with Crippen LogP contribution in [0.15, 0.2) is 24.5 Å². The molecule has 0 bridgehead atoms. The van der Waals surface area contributed by atoms with Gasteiger partial charge < -0.3 is 10.0 Å². The average molecular weight is 222 g/mol. The molecule has 0 aliphatic rings. The Morgan fingerprint density at radius 3 is 2.69 bits per heavy atom. The Kier molecular flexibility index (Phi) is 4.43. The zero-order valence-corrected chi connectivity index (χ0v) is 9.92. The molecule has 4 heteroatoms. The van der Waals surface area contributed by atoms with Gasteiger partial charge in [0.25, 0.3) is 0 Å². The van der Waals surface area contributed by atoms with E-state index in [0.29, 0.717) is 0 Å². The van der Waals surface area contributed by atoms with Crippen molar-refractivity contribution in [2.24, 2.45) is 11.8 Å². The SMILES string of the molecule is CC(C)C(CO)C(=O)N(C)c1cccnc1. The number of nitrogens with zero attached hydrogens (tertiary/aromatic N) is 2. The number of aliphatic hydroxyl groups excluding tert-OH is 1. The van der Waals surface area contributed by atoms with Crippen molar-refractivity contribution in [3.63, 3.8) is 0 Å². The first kappa shape index (κ1) is 12.6. The van der Waals surface area contributed by atoms with Gasteiger partial charge in [-0.25, -0.2) is 0 Å². The van der Waals surface area contributed by atoms with E-state index < -0.39 is 0 Å². The molecule has 1 aromatic heterocycles. The fourth-order valence-corrected chi connectivity index (χ4v) is 1.50. The van der Waals surface area contributed by atoms with Gasteiger partial charge in [-0.15, -0.1) is 0 Å². The smallest absolute Gasteiger partial charge is 0.232 e. The van der Waals surface area contributed by atoms with Crippen LogP contribution < -0.4 is 4.90 Å². The number of hydrogen-bond acceptors (Lipinski definition) is 3. The molecule has 16 heavy (non-hydrogen) atoms. The molecule has 1 aromatic rings. The van der Waals surface area contributed by atoms with E-state index in [1.165, 1.54) is 4.90 Å². The molecule has 0 aromatic carbocycles. The van der Waals surface area contributed by atoms with E-state index in [-0.39, 0.29) is 24.3 Å². The number of rotatable bonds is 4. The molecule has 0 spiro atoms. The van der Waals surface area contributed by atoms with Crippen LogP contribution in [0.2, 0.25) is 0 Å². The lowest BCUT2D eigenvalue weighted by Crippen LogP contribution is -2.37. The number of carbonyl (C=O) groups is 1. The summed E-state index contributed by atoms with van der Waals surface area (Å²) >= 11 is 0. The molecule has 0 aliphatic carbocycles. The number of anilines is 1. The molecule has 1 rings (SSSR count). The highest BCUT2D eigenvalue weighted by atomic mass is 16.3. The van der Waals surface area contributed by atoms with Crippen molar-refractivity contribution in [2.75, 3.05) is 18.6 Å². The van der Waals surface area contributed by atoms with Crippen LogP contribution in [0.5, 0.6) is 0 Å². The molecule has 1 atom stereocenters. The third-order valence-corrected chi connectivity index (χ3v) is 2.68. The van der Waals surface area contributed by atoms with Gasteiger partial charge in [0.05, 0.1) is 24.4 Å². The van der Waals surface area contributed by atoms with Gasteiger partial charge in [-0.1, -0.05) is 13.8 Å². The van der Waals surface area contributed by atoms with Crippen molar-refractivity contribution in [3.05, 3.63) is 24.5 Å². The lowest BCUT2D eigenvalue weighted by molar-refractivity contribution is -0.124. The fourth-order valence-electron chi connectivity index (χ4n) is 1.50. The van der Waals surface area contributed by atoms with Crippen molar-refractivity contribution >= 4 is 11.6 Å². The molecule has 1 amide bonds. The monoisotopic (exact) mass is 222 g/mol. The summed E-state index contributed by atoms with van der Waals surface area (Å²) in [6, 6.07) is 3.60. The second-order valence-electron chi connectivity index (χ2n) is 4.14. The first-order chi connectivity index (χ1) is 7.57. The number of hydrogen-bond donors (Lipinski definition) is 1. The minimum atomic E-state index is -0.356. The molecule has 0 saturated heterocycles. The lowest BCUT2D eigenvalue weighted by Gasteiger charge is -2.24. The summed E-state index contributed by atoms with van der Waals surface area (Å²) in [5.74, 6) is -0.313.